The molecule has 0 amide bonds. The van der Waals surface area contributed by atoms with E-state index < -0.39 is 0 Å². The minimum absolute atomic E-state index is 0.0795. The predicted octanol–water partition coefficient (Wildman–Crippen LogP) is 9.58. The van der Waals surface area contributed by atoms with E-state index in [0.29, 0.717) is 58.7 Å². The Labute approximate surface area is 341 Å². The van der Waals surface area contributed by atoms with Crippen molar-refractivity contribution in [3.63, 3.8) is 0 Å². The van der Waals surface area contributed by atoms with Gasteiger partial charge < -0.3 is 40.7 Å². The number of unbranched alkanes of at least 4 members (excludes halogenated alkanes) is 2. The SMILES string of the molecule is CCCCCc1cc(CCc2c(O)c(O)c3c(O)cccc3c2C=Cc2ccc(O)c(O)c2)ccc1CNC1CC2OC3(C1)C1CC2C=CC1CCC31CCC(O)C1. The lowest BCUT2D eigenvalue weighted by molar-refractivity contribution is -0.291. The highest BCUT2D eigenvalue weighted by atomic mass is 16.5. The number of fused-ring (bicyclic) bond motifs is 4. The van der Waals surface area contributed by atoms with Crippen LogP contribution in [0, 0.1) is 23.2 Å². The van der Waals surface area contributed by atoms with Gasteiger partial charge in [0.05, 0.1) is 23.2 Å². The van der Waals surface area contributed by atoms with Crippen LogP contribution in [0.3, 0.4) is 0 Å². The number of rotatable bonds is 12. The number of aliphatic hydroxyl groups excluding tert-OH is 1. The van der Waals surface area contributed by atoms with Crippen LogP contribution in [0.2, 0.25) is 0 Å². The molecule has 3 aliphatic carbocycles. The number of aliphatic hydroxyl groups is 1. The molecule has 0 radical (unpaired) electrons. The average Bonchev–Trinajstić information content (AvgIpc) is 3.61. The van der Waals surface area contributed by atoms with Crippen molar-refractivity contribution in [1.82, 2.24) is 5.32 Å². The van der Waals surface area contributed by atoms with Crippen LogP contribution < -0.4 is 5.32 Å². The molecule has 9 rings (SSSR count). The molecule has 8 heteroatoms. The van der Waals surface area contributed by atoms with E-state index in [1.54, 1.807) is 18.2 Å². The van der Waals surface area contributed by atoms with E-state index >= 15 is 0 Å². The number of hydrogen-bond acceptors (Lipinski definition) is 8. The molecule has 2 saturated heterocycles. The van der Waals surface area contributed by atoms with Crippen molar-refractivity contribution in [1.29, 1.82) is 0 Å². The van der Waals surface area contributed by atoms with Gasteiger partial charge in [0.2, 0.25) is 0 Å². The highest BCUT2D eigenvalue weighted by molar-refractivity contribution is 6.03. The van der Waals surface area contributed by atoms with Crippen molar-refractivity contribution >= 4 is 22.9 Å². The van der Waals surface area contributed by atoms with Crippen LogP contribution >= 0.6 is 0 Å². The van der Waals surface area contributed by atoms with E-state index in [0.717, 1.165) is 76.3 Å². The third kappa shape index (κ3) is 6.85. The van der Waals surface area contributed by atoms with Gasteiger partial charge in [0, 0.05) is 29.5 Å². The van der Waals surface area contributed by atoms with Crippen LogP contribution in [-0.2, 0) is 30.5 Å². The van der Waals surface area contributed by atoms with Crippen molar-refractivity contribution in [2.45, 2.75) is 127 Å². The Bertz CT molecular complexity index is 2250. The fourth-order valence-electron chi connectivity index (χ4n) is 12.1. The molecule has 4 aromatic carbocycles. The lowest BCUT2D eigenvalue weighted by Crippen LogP contribution is -2.69. The number of phenols is 5. The van der Waals surface area contributed by atoms with Gasteiger partial charge in [-0.1, -0.05) is 80.5 Å². The van der Waals surface area contributed by atoms with Gasteiger partial charge in [0.1, 0.15) is 5.75 Å². The average molecular weight is 786 g/mol. The van der Waals surface area contributed by atoms with Crippen molar-refractivity contribution in [2.24, 2.45) is 23.2 Å². The maximum atomic E-state index is 11.4. The first-order valence-corrected chi connectivity index (χ1v) is 21.8. The Morgan fingerprint density at radius 2 is 1.62 bits per heavy atom. The van der Waals surface area contributed by atoms with Gasteiger partial charge in [-0.25, -0.2) is 0 Å². The molecule has 8 unspecified atom stereocenters. The number of aromatic hydroxyl groups is 5. The first-order valence-electron chi connectivity index (χ1n) is 21.8. The van der Waals surface area contributed by atoms with Crippen LogP contribution in [0.5, 0.6) is 28.7 Å². The van der Waals surface area contributed by atoms with Crippen LogP contribution in [0.1, 0.15) is 111 Å². The zero-order valence-electron chi connectivity index (χ0n) is 33.7. The molecule has 2 aliphatic heterocycles. The normalized spacial score (nSPS) is 29.8. The number of allylic oxidation sites excluding steroid dienone is 1. The van der Waals surface area contributed by atoms with Gasteiger partial charge in [-0.15, -0.1) is 0 Å². The van der Waals surface area contributed by atoms with Crippen LogP contribution in [0.15, 0.2) is 66.7 Å². The van der Waals surface area contributed by atoms with E-state index in [1.807, 2.05) is 12.1 Å². The van der Waals surface area contributed by atoms with Crippen LogP contribution in [-0.4, -0.2) is 54.5 Å². The summed E-state index contributed by atoms with van der Waals surface area (Å²) < 4.78 is 7.31. The summed E-state index contributed by atoms with van der Waals surface area (Å²) in [5, 5.41) is 68.9. The molecule has 2 spiro atoms. The van der Waals surface area contributed by atoms with Gasteiger partial charge in [-0.05, 0) is 140 Å². The Kier molecular flexibility index (Phi) is 10.5. The summed E-state index contributed by atoms with van der Waals surface area (Å²) in [5.74, 6) is 0.432. The molecule has 8 atom stereocenters. The first-order chi connectivity index (χ1) is 28.1. The minimum atomic E-state index is -0.348. The maximum absolute atomic E-state index is 11.4. The molecule has 2 heterocycles. The van der Waals surface area contributed by atoms with Gasteiger partial charge in [-0.3, -0.25) is 0 Å². The lowest BCUT2D eigenvalue weighted by atomic mass is 9.47. The molecular formula is C50H59NO7. The molecule has 4 aromatic rings. The molecule has 5 aliphatic rings. The summed E-state index contributed by atoms with van der Waals surface area (Å²) in [4.78, 5) is 0. The van der Waals surface area contributed by atoms with Gasteiger partial charge in [0.25, 0.3) is 0 Å². The monoisotopic (exact) mass is 785 g/mol. The summed E-state index contributed by atoms with van der Waals surface area (Å²) in [6.45, 7) is 3.03. The van der Waals surface area contributed by atoms with Crippen molar-refractivity contribution in [3.8, 4) is 28.7 Å². The second-order valence-electron chi connectivity index (χ2n) is 18.3. The molecular weight excluding hydrogens is 727 g/mol. The topological polar surface area (TPSA) is 143 Å². The Morgan fingerprint density at radius 3 is 2.43 bits per heavy atom. The number of phenolic OH excluding ortho intramolecular Hbond substituents is 5. The summed E-state index contributed by atoms with van der Waals surface area (Å²) in [7, 11) is 0. The van der Waals surface area contributed by atoms with E-state index in [4.69, 9.17) is 4.74 Å². The standard InChI is InChI=1S/C50H59NO7/c1-2-3-4-6-33-23-30(11-17-40-38(16-10-31-12-18-42(53)44(55)24-31)39-7-5-8-43(54)46(39)48(57)47(40)56)9-13-35(33)29-51-36-26-45-34-15-14-32-19-21-49(22-20-37(52)28-49)50(27-36,58-45)41(32)25-34/h5,7-10,12-16,18,23-24,32,34,36-37,41,45,51-57H,2-4,6,11,17,19-22,25-29H2,1H3. The summed E-state index contributed by atoms with van der Waals surface area (Å²) in [5.41, 5.74) is 5.61. The summed E-state index contributed by atoms with van der Waals surface area (Å²) in [6.07, 6.45) is 22.6. The van der Waals surface area contributed by atoms with Crippen LogP contribution in [0.4, 0.5) is 0 Å². The van der Waals surface area contributed by atoms with E-state index in [-0.39, 0.29) is 57.4 Å². The van der Waals surface area contributed by atoms with Crippen LogP contribution in [0.25, 0.3) is 22.9 Å². The summed E-state index contributed by atoms with van der Waals surface area (Å²) in [6, 6.07) is 16.7. The van der Waals surface area contributed by atoms with Crippen molar-refractivity contribution < 1.29 is 35.4 Å². The third-order valence-corrected chi connectivity index (χ3v) is 15.0. The second-order valence-corrected chi connectivity index (χ2v) is 18.3. The number of hydrogen-bond donors (Lipinski definition) is 7. The van der Waals surface area contributed by atoms with E-state index in [1.165, 1.54) is 42.2 Å². The second kappa shape index (κ2) is 15.6. The zero-order valence-corrected chi connectivity index (χ0v) is 33.7. The predicted molar refractivity (Wildman–Crippen MR) is 228 cm³/mol. The Morgan fingerprint density at radius 1 is 0.776 bits per heavy atom. The molecule has 8 nitrogen and oxygen atoms in total. The van der Waals surface area contributed by atoms with Crippen molar-refractivity contribution in [2.75, 3.05) is 0 Å². The minimum Gasteiger partial charge on any atom is -0.507 e. The van der Waals surface area contributed by atoms with Gasteiger partial charge in [-0.2, -0.15) is 0 Å². The molecule has 4 bridgehead atoms. The number of aryl methyl sites for hydroxylation is 2. The largest absolute Gasteiger partial charge is 0.507 e. The van der Waals surface area contributed by atoms with Crippen molar-refractivity contribution in [3.05, 3.63) is 100 Å². The highest BCUT2D eigenvalue weighted by Gasteiger charge is 2.67. The first kappa shape index (κ1) is 39.0. The zero-order chi connectivity index (χ0) is 40.2. The molecule has 4 fully saturated rings. The molecule has 58 heavy (non-hydrogen) atoms. The maximum Gasteiger partial charge on any atom is 0.169 e. The van der Waals surface area contributed by atoms with Gasteiger partial charge in [0.15, 0.2) is 23.0 Å². The van der Waals surface area contributed by atoms with E-state index in [9.17, 15) is 30.6 Å². The summed E-state index contributed by atoms with van der Waals surface area (Å²) >= 11 is 0. The quantitative estimate of drug-likeness (QED) is 0.0326. The molecule has 0 aromatic heterocycles. The Hall–Kier alpha value is -4.50. The molecule has 7 N–H and O–H groups in total. The smallest absolute Gasteiger partial charge is 0.169 e. The number of nitrogens with one attached hydrogen (secondary N) is 1. The number of benzene rings is 4. The van der Waals surface area contributed by atoms with Gasteiger partial charge >= 0.3 is 0 Å². The molecule has 306 valence electrons. The Balaban J connectivity index is 0.973. The third-order valence-electron chi connectivity index (χ3n) is 15.0. The highest BCUT2D eigenvalue weighted by Crippen LogP contribution is 2.67. The van der Waals surface area contributed by atoms with E-state index in [2.05, 4.69) is 42.6 Å². The lowest BCUT2D eigenvalue weighted by Gasteiger charge is -2.67. The number of ether oxygens (including phenoxy) is 1. The molecule has 2 saturated carbocycles. The fourth-order valence-corrected chi connectivity index (χ4v) is 12.1. The fraction of sp³-hybridized carbons (Fsp3) is 0.480.